The van der Waals surface area contributed by atoms with Crippen molar-refractivity contribution in [2.75, 3.05) is 18.6 Å². The van der Waals surface area contributed by atoms with E-state index in [1.54, 1.807) is 18.3 Å². The molecule has 0 heterocycles. The van der Waals surface area contributed by atoms with E-state index in [1.165, 1.54) is 12.1 Å². The van der Waals surface area contributed by atoms with Crippen LogP contribution in [-0.4, -0.2) is 24.4 Å². The molecule has 7 heteroatoms. The van der Waals surface area contributed by atoms with Crippen LogP contribution in [0.25, 0.3) is 0 Å². The van der Waals surface area contributed by atoms with Crippen LogP contribution in [0.2, 0.25) is 0 Å². The summed E-state index contributed by atoms with van der Waals surface area (Å²) < 4.78 is 11.7. The molecule has 0 aliphatic rings. The predicted molar refractivity (Wildman–Crippen MR) is 118 cm³/mol. The smallest absolute Gasteiger partial charge is 0.269 e. The van der Waals surface area contributed by atoms with Gasteiger partial charge in [-0.25, -0.2) is 0 Å². The fourth-order valence-electron chi connectivity index (χ4n) is 2.69. The summed E-state index contributed by atoms with van der Waals surface area (Å²) in [6.07, 6.45) is 2.40. The minimum Gasteiger partial charge on any atom is -0.493 e. The van der Waals surface area contributed by atoms with Crippen LogP contribution in [0.5, 0.6) is 11.5 Å². The van der Waals surface area contributed by atoms with Crippen LogP contribution in [-0.2, 0) is 0 Å². The topological polar surface area (TPSA) is 86.0 Å². The Morgan fingerprint density at radius 1 is 0.933 bits per heavy atom. The number of nitro benzene ring substituents is 1. The van der Waals surface area contributed by atoms with E-state index in [0.29, 0.717) is 18.9 Å². The van der Waals surface area contributed by atoms with Crippen LogP contribution in [0.3, 0.4) is 0 Å². The van der Waals surface area contributed by atoms with E-state index in [0.717, 1.165) is 29.0 Å². The van der Waals surface area contributed by atoms with E-state index in [4.69, 9.17) is 9.47 Å². The predicted octanol–water partition coefficient (Wildman–Crippen LogP) is 5.20. The Morgan fingerprint density at radius 3 is 2.27 bits per heavy atom. The van der Waals surface area contributed by atoms with Gasteiger partial charge in [-0.15, -0.1) is 0 Å². The third kappa shape index (κ3) is 6.07. The number of aryl methyl sites for hydroxylation is 1. The Kier molecular flexibility index (Phi) is 7.38. The molecule has 0 spiro atoms. The summed E-state index contributed by atoms with van der Waals surface area (Å²) in [6, 6.07) is 21.6. The second-order valence-corrected chi connectivity index (χ2v) is 6.53. The van der Waals surface area contributed by atoms with Gasteiger partial charge in [0.15, 0.2) is 0 Å². The van der Waals surface area contributed by atoms with Gasteiger partial charge in [0.25, 0.3) is 5.69 Å². The van der Waals surface area contributed by atoms with Gasteiger partial charge in [-0.3, -0.25) is 15.5 Å². The highest BCUT2D eigenvalue weighted by atomic mass is 16.6. The van der Waals surface area contributed by atoms with Crippen molar-refractivity contribution in [3.8, 4) is 11.5 Å². The van der Waals surface area contributed by atoms with Crippen molar-refractivity contribution in [1.29, 1.82) is 0 Å². The van der Waals surface area contributed by atoms with Gasteiger partial charge in [0, 0.05) is 24.1 Å². The number of benzene rings is 3. The summed E-state index contributed by atoms with van der Waals surface area (Å²) in [5.74, 6) is 1.62. The van der Waals surface area contributed by atoms with Gasteiger partial charge < -0.3 is 9.47 Å². The van der Waals surface area contributed by atoms with Crippen LogP contribution in [0.4, 0.5) is 11.4 Å². The number of para-hydroxylation sites is 2. The molecule has 154 valence electrons. The van der Waals surface area contributed by atoms with Gasteiger partial charge in [-0.05, 0) is 42.8 Å². The van der Waals surface area contributed by atoms with Crippen molar-refractivity contribution < 1.29 is 14.4 Å². The van der Waals surface area contributed by atoms with Gasteiger partial charge >= 0.3 is 0 Å². The fraction of sp³-hybridized carbons (Fsp3) is 0.174. The summed E-state index contributed by atoms with van der Waals surface area (Å²) in [6.45, 7) is 3.11. The number of non-ortho nitro benzene ring substituents is 1. The lowest BCUT2D eigenvalue weighted by molar-refractivity contribution is -0.384. The number of ether oxygens (including phenoxy) is 2. The minimum absolute atomic E-state index is 0.0367. The van der Waals surface area contributed by atoms with E-state index in [2.05, 4.69) is 10.5 Å². The Bertz CT molecular complexity index is 1000. The van der Waals surface area contributed by atoms with Crippen LogP contribution in [0.1, 0.15) is 17.5 Å². The first-order valence-corrected chi connectivity index (χ1v) is 9.57. The second-order valence-electron chi connectivity index (χ2n) is 6.53. The Hall–Kier alpha value is -3.87. The summed E-state index contributed by atoms with van der Waals surface area (Å²) in [5, 5.41) is 14.9. The van der Waals surface area contributed by atoms with Crippen LogP contribution in [0, 0.1) is 17.0 Å². The van der Waals surface area contributed by atoms with Crippen molar-refractivity contribution in [2.24, 2.45) is 5.10 Å². The summed E-state index contributed by atoms with van der Waals surface area (Å²) in [5.41, 5.74) is 5.49. The molecule has 0 aliphatic carbocycles. The van der Waals surface area contributed by atoms with E-state index in [-0.39, 0.29) is 5.69 Å². The third-order valence-electron chi connectivity index (χ3n) is 4.29. The maximum Gasteiger partial charge on any atom is 0.269 e. The fourth-order valence-corrected chi connectivity index (χ4v) is 2.69. The number of hydrazone groups is 1. The van der Waals surface area contributed by atoms with Crippen LogP contribution >= 0.6 is 0 Å². The van der Waals surface area contributed by atoms with Crippen molar-refractivity contribution >= 4 is 17.6 Å². The number of nitrogens with zero attached hydrogens (tertiary/aromatic N) is 2. The van der Waals surface area contributed by atoms with Gasteiger partial charge in [0.2, 0.25) is 0 Å². The number of nitro groups is 1. The minimum atomic E-state index is -0.438. The standard InChI is InChI=1S/C23H23N3O4/c1-18-7-2-4-9-22(18)29-15-6-16-30-23-10-5-3-8-19(23)17-24-25-20-11-13-21(14-12-20)26(27)28/h2-5,7-14,17,25H,6,15-16H2,1H3/b24-17-. The molecule has 0 aliphatic heterocycles. The van der Waals surface area contributed by atoms with Crippen molar-refractivity contribution in [2.45, 2.75) is 13.3 Å². The lowest BCUT2D eigenvalue weighted by Crippen LogP contribution is -2.06. The monoisotopic (exact) mass is 405 g/mol. The molecular weight excluding hydrogens is 382 g/mol. The average Bonchev–Trinajstić information content (AvgIpc) is 2.76. The molecule has 0 bridgehead atoms. The quantitative estimate of drug-likeness (QED) is 0.217. The maximum absolute atomic E-state index is 10.7. The molecule has 0 fully saturated rings. The highest BCUT2D eigenvalue weighted by Crippen LogP contribution is 2.19. The number of hydrogen-bond acceptors (Lipinski definition) is 6. The SMILES string of the molecule is Cc1ccccc1OCCCOc1ccccc1/C=N\Nc1ccc([N+](=O)[O-])cc1. The molecule has 0 aromatic heterocycles. The second kappa shape index (κ2) is 10.6. The van der Waals surface area contributed by atoms with E-state index in [1.807, 2.05) is 55.5 Å². The molecule has 3 rings (SSSR count). The molecule has 30 heavy (non-hydrogen) atoms. The van der Waals surface area contributed by atoms with E-state index < -0.39 is 4.92 Å². The molecule has 0 unspecified atom stereocenters. The number of rotatable bonds is 10. The third-order valence-corrected chi connectivity index (χ3v) is 4.29. The number of nitrogens with one attached hydrogen (secondary N) is 1. The summed E-state index contributed by atoms with van der Waals surface area (Å²) in [4.78, 5) is 10.3. The van der Waals surface area contributed by atoms with Crippen LogP contribution in [0.15, 0.2) is 77.9 Å². The highest BCUT2D eigenvalue weighted by molar-refractivity contribution is 5.84. The Morgan fingerprint density at radius 2 is 1.57 bits per heavy atom. The largest absolute Gasteiger partial charge is 0.493 e. The van der Waals surface area contributed by atoms with E-state index in [9.17, 15) is 10.1 Å². The van der Waals surface area contributed by atoms with Gasteiger partial charge in [0.1, 0.15) is 11.5 Å². The first-order chi connectivity index (χ1) is 14.6. The van der Waals surface area contributed by atoms with Gasteiger partial charge in [0.05, 0.1) is 30.0 Å². The van der Waals surface area contributed by atoms with Crippen molar-refractivity contribution in [3.63, 3.8) is 0 Å². The number of hydrogen-bond donors (Lipinski definition) is 1. The zero-order chi connectivity index (χ0) is 21.2. The van der Waals surface area contributed by atoms with Crippen molar-refractivity contribution in [3.05, 3.63) is 94.0 Å². The van der Waals surface area contributed by atoms with Crippen molar-refractivity contribution in [1.82, 2.24) is 0 Å². The lowest BCUT2D eigenvalue weighted by Gasteiger charge is -2.11. The summed E-state index contributed by atoms with van der Waals surface area (Å²) >= 11 is 0. The summed E-state index contributed by atoms with van der Waals surface area (Å²) in [7, 11) is 0. The average molecular weight is 405 g/mol. The first-order valence-electron chi connectivity index (χ1n) is 9.57. The molecule has 0 radical (unpaired) electrons. The molecule has 3 aromatic carbocycles. The zero-order valence-corrected chi connectivity index (χ0v) is 16.7. The van der Waals surface area contributed by atoms with E-state index >= 15 is 0 Å². The Balaban J connectivity index is 1.48. The molecular formula is C23H23N3O4. The molecule has 3 aromatic rings. The lowest BCUT2D eigenvalue weighted by atomic mass is 10.2. The van der Waals surface area contributed by atoms with Gasteiger partial charge in [-0.1, -0.05) is 30.3 Å². The molecule has 7 nitrogen and oxygen atoms in total. The molecule has 0 atom stereocenters. The zero-order valence-electron chi connectivity index (χ0n) is 16.7. The molecule has 1 N–H and O–H groups in total. The first kappa shape index (κ1) is 20.9. The highest BCUT2D eigenvalue weighted by Gasteiger charge is 2.04. The number of anilines is 1. The Labute approximate surface area is 175 Å². The molecule has 0 saturated heterocycles. The molecule has 0 saturated carbocycles. The van der Waals surface area contributed by atoms with Gasteiger partial charge in [-0.2, -0.15) is 5.10 Å². The molecule has 0 amide bonds. The van der Waals surface area contributed by atoms with Crippen LogP contribution < -0.4 is 14.9 Å². The maximum atomic E-state index is 10.7. The normalized spacial score (nSPS) is 10.7.